The second-order valence-corrected chi connectivity index (χ2v) is 8.83. The van der Waals surface area contributed by atoms with Crippen molar-refractivity contribution in [3.63, 3.8) is 0 Å². The summed E-state index contributed by atoms with van der Waals surface area (Å²) >= 11 is 0. The van der Waals surface area contributed by atoms with E-state index in [4.69, 9.17) is 4.74 Å². The van der Waals surface area contributed by atoms with Crippen LogP contribution in [0, 0.1) is 5.41 Å². The molecule has 34 heavy (non-hydrogen) atoms. The number of para-hydroxylation sites is 1. The molecular formula is C26H27F3N2O3. The van der Waals surface area contributed by atoms with E-state index in [2.05, 4.69) is 11.4 Å². The summed E-state index contributed by atoms with van der Waals surface area (Å²) in [6, 6.07) is 12.0. The first-order valence-corrected chi connectivity index (χ1v) is 11.4. The van der Waals surface area contributed by atoms with Gasteiger partial charge < -0.3 is 15.0 Å². The molecule has 4 rings (SSSR count). The molecule has 8 heteroatoms. The number of nitrogens with zero attached hydrogens (tertiary/aromatic N) is 1. The number of alkyl halides is 3. The van der Waals surface area contributed by atoms with Gasteiger partial charge in [-0.3, -0.25) is 9.59 Å². The number of rotatable bonds is 1. The van der Waals surface area contributed by atoms with Gasteiger partial charge in [-0.05, 0) is 55.4 Å². The van der Waals surface area contributed by atoms with Crippen molar-refractivity contribution in [2.24, 2.45) is 5.41 Å². The molecule has 180 valence electrons. The number of piperidine rings is 1. The average molecular weight is 473 g/mol. The van der Waals surface area contributed by atoms with Crippen LogP contribution in [0.4, 0.5) is 13.2 Å². The molecule has 1 N–H and O–H groups in total. The molecule has 0 aromatic heterocycles. The summed E-state index contributed by atoms with van der Waals surface area (Å²) in [5, 5.41) is 3.02. The van der Waals surface area contributed by atoms with Crippen LogP contribution in [-0.2, 0) is 6.18 Å². The largest absolute Gasteiger partial charge is 0.492 e. The average Bonchev–Trinajstić information content (AvgIpc) is 2.84. The fourth-order valence-electron chi connectivity index (χ4n) is 4.56. The minimum absolute atomic E-state index is 0.225. The van der Waals surface area contributed by atoms with E-state index in [9.17, 15) is 22.8 Å². The molecule has 2 aromatic rings. The number of allylic oxidation sites excluding steroid dienone is 1. The van der Waals surface area contributed by atoms with Gasteiger partial charge in [-0.15, -0.1) is 0 Å². The van der Waals surface area contributed by atoms with Crippen molar-refractivity contribution < 1.29 is 27.5 Å². The summed E-state index contributed by atoms with van der Waals surface area (Å²) in [5.41, 5.74) is -1.04. The Balaban J connectivity index is 1.49. The Bertz CT molecular complexity index is 1070. The summed E-state index contributed by atoms with van der Waals surface area (Å²) in [6.45, 7) is 1.52. The minimum Gasteiger partial charge on any atom is -0.492 e. The van der Waals surface area contributed by atoms with Crippen LogP contribution in [-0.4, -0.2) is 43.0 Å². The van der Waals surface area contributed by atoms with Crippen LogP contribution in [0.5, 0.6) is 5.75 Å². The normalized spacial score (nSPS) is 19.7. The van der Waals surface area contributed by atoms with Crippen molar-refractivity contribution in [3.8, 4) is 5.75 Å². The predicted octanol–water partition coefficient (Wildman–Crippen LogP) is 5.09. The number of carbonyl (C=O) groups is 2. The smallest absolute Gasteiger partial charge is 0.417 e. The lowest BCUT2D eigenvalue weighted by atomic mass is 9.75. The van der Waals surface area contributed by atoms with Crippen LogP contribution < -0.4 is 10.1 Å². The second-order valence-electron chi connectivity index (χ2n) is 8.83. The van der Waals surface area contributed by atoms with Gasteiger partial charge in [-0.1, -0.05) is 36.4 Å². The van der Waals surface area contributed by atoms with Crippen LogP contribution in [0.2, 0.25) is 0 Å². The van der Waals surface area contributed by atoms with Crippen LogP contribution in [0.3, 0.4) is 0 Å². The summed E-state index contributed by atoms with van der Waals surface area (Å²) in [5.74, 6) is -0.300. The number of fused-ring (bicyclic) bond motifs is 1. The fourth-order valence-corrected chi connectivity index (χ4v) is 4.56. The zero-order chi connectivity index (χ0) is 24.2. The van der Waals surface area contributed by atoms with Gasteiger partial charge in [0.25, 0.3) is 11.8 Å². The third kappa shape index (κ3) is 5.26. The van der Waals surface area contributed by atoms with Gasteiger partial charge in [0, 0.05) is 19.6 Å². The van der Waals surface area contributed by atoms with Crippen molar-refractivity contribution in [3.05, 3.63) is 77.4 Å². The number of benzene rings is 2. The number of ether oxygens (including phenoxy) is 1. The summed E-state index contributed by atoms with van der Waals surface area (Å²) in [6.07, 6.45) is 2.09. The number of carbonyl (C=O) groups excluding carboxylic acids is 2. The van der Waals surface area contributed by atoms with E-state index in [0.717, 1.165) is 6.07 Å². The van der Waals surface area contributed by atoms with Crippen molar-refractivity contribution in [2.45, 2.75) is 31.9 Å². The number of hydrogen-bond acceptors (Lipinski definition) is 3. The molecular weight excluding hydrogens is 445 g/mol. The highest BCUT2D eigenvalue weighted by molar-refractivity contribution is 5.97. The lowest BCUT2D eigenvalue weighted by molar-refractivity contribution is -0.138. The van der Waals surface area contributed by atoms with E-state index in [1.54, 1.807) is 18.2 Å². The first kappa shape index (κ1) is 23.9. The molecule has 1 spiro atoms. The van der Waals surface area contributed by atoms with E-state index in [1.807, 2.05) is 12.1 Å². The van der Waals surface area contributed by atoms with Crippen molar-refractivity contribution >= 4 is 11.8 Å². The first-order chi connectivity index (χ1) is 16.3. The van der Waals surface area contributed by atoms with E-state index >= 15 is 0 Å². The highest BCUT2D eigenvalue weighted by Gasteiger charge is 2.39. The Kier molecular flexibility index (Phi) is 6.95. The topological polar surface area (TPSA) is 58.6 Å². The molecule has 0 bridgehead atoms. The van der Waals surface area contributed by atoms with Gasteiger partial charge >= 0.3 is 6.18 Å². The van der Waals surface area contributed by atoms with Crippen LogP contribution in [0.1, 0.15) is 52.0 Å². The molecule has 0 aliphatic carbocycles. The standard InChI is InChI=1S/C26H27F3N2O3/c27-26(28,29)21-10-4-2-8-19(21)24(33)31-15-13-25(14-16-31)12-6-1-7-17-34-22-11-5-3-9-20(22)23(32)30-18-25/h1-6,8-11H,7,12-18H2,(H,30,32)/b6-1+. The third-order valence-corrected chi connectivity index (χ3v) is 6.59. The number of nitrogens with one attached hydrogen (secondary N) is 1. The molecule has 2 amide bonds. The molecule has 1 fully saturated rings. The lowest BCUT2D eigenvalue weighted by Gasteiger charge is -2.42. The Morgan fingerprint density at radius 3 is 2.47 bits per heavy atom. The number of amides is 2. The Labute approximate surface area is 196 Å². The maximum atomic E-state index is 13.4. The summed E-state index contributed by atoms with van der Waals surface area (Å²) in [4.78, 5) is 27.3. The predicted molar refractivity (Wildman–Crippen MR) is 122 cm³/mol. The summed E-state index contributed by atoms with van der Waals surface area (Å²) in [7, 11) is 0. The quantitative estimate of drug-likeness (QED) is 0.589. The molecule has 0 atom stereocenters. The van der Waals surface area contributed by atoms with Crippen molar-refractivity contribution in [1.29, 1.82) is 0 Å². The van der Waals surface area contributed by atoms with Crippen molar-refractivity contribution in [2.75, 3.05) is 26.2 Å². The highest BCUT2D eigenvalue weighted by Crippen LogP contribution is 2.37. The minimum atomic E-state index is -4.59. The van der Waals surface area contributed by atoms with Gasteiger partial charge in [0.05, 0.1) is 23.3 Å². The Hall–Kier alpha value is -3.29. The van der Waals surface area contributed by atoms with Gasteiger partial charge in [0.1, 0.15) is 5.75 Å². The molecule has 2 aromatic carbocycles. The lowest BCUT2D eigenvalue weighted by Crippen LogP contribution is -2.48. The molecule has 2 aliphatic rings. The van der Waals surface area contributed by atoms with Gasteiger partial charge in [-0.25, -0.2) is 0 Å². The molecule has 0 unspecified atom stereocenters. The Morgan fingerprint density at radius 2 is 1.71 bits per heavy atom. The third-order valence-electron chi connectivity index (χ3n) is 6.59. The Morgan fingerprint density at radius 1 is 1.00 bits per heavy atom. The SMILES string of the molecule is O=C1NCC2(C/C=C/CCOc3ccccc31)CCN(C(=O)c1ccccc1C(F)(F)F)CC2. The van der Waals surface area contributed by atoms with E-state index in [1.165, 1.54) is 23.1 Å². The molecule has 2 aliphatic heterocycles. The fraction of sp³-hybridized carbons (Fsp3) is 0.385. The van der Waals surface area contributed by atoms with Crippen molar-refractivity contribution in [1.82, 2.24) is 10.2 Å². The second kappa shape index (κ2) is 9.91. The van der Waals surface area contributed by atoms with Crippen LogP contribution in [0.25, 0.3) is 0 Å². The molecule has 1 saturated heterocycles. The molecule has 0 saturated carbocycles. The first-order valence-electron chi connectivity index (χ1n) is 11.4. The maximum absolute atomic E-state index is 13.4. The van der Waals surface area contributed by atoms with E-state index < -0.39 is 17.6 Å². The zero-order valence-corrected chi connectivity index (χ0v) is 18.7. The van der Waals surface area contributed by atoms with E-state index in [-0.39, 0.29) is 16.9 Å². The summed E-state index contributed by atoms with van der Waals surface area (Å²) < 4.78 is 45.9. The molecule has 5 nitrogen and oxygen atoms in total. The molecule has 0 radical (unpaired) electrons. The molecule has 2 heterocycles. The number of hydrogen-bond donors (Lipinski definition) is 1. The van der Waals surface area contributed by atoms with Gasteiger partial charge in [-0.2, -0.15) is 13.2 Å². The monoisotopic (exact) mass is 472 g/mol. The zero-order valence-electron chi connectivity index (χ0n) is 18.7. The van der Waals surface area contributed by atoms with Crippen LogP contribution in [0.15, 0.2) is 60.7 Å². The van der Waals surface area contributed by atoms with Crippen LogP contribution >= 0.6 is 0 Å². The van der Waals surface area contributed by atoms with Gasteiger partial charge in [0.2, 0.25) is 0 Å². The van der Waals surface area contributed by atoms with E-state index in [0.29, 0.717) is 63.2 Å². The highest BCUT2D eigenvalue weighted by atomic mass is 19.4. The van der Waals surface area contributed by atoms with Gasteiger partial charge in [0.15, 0.2) is 0 Å². The number of halogens is 3. The number of likely N-dealkylation sites (tertiary alicyclic amines) is 1. The maximum Gasteiger partial charge on any atom is 0.417 e.